The molecule has 0 aliphatic heterocycles. The number of amides is 1. The topological polar surface area (TPSA) is 84.9 Å². The molecule has 1 rings (SSSR count). The average molecular weight is 372 g/mol. The number of carbonyl (C=O) groups is 1. The molecule has 0 bridgehead atoms. The van der Waals surface area contributed by atoms with E-state index >= 15 is 0 Å². The van der Waals surface area contributed by atoms with Gasteiger partial charge in [-0.2, -0.15) is 0 Å². The molecule has 25 heavy (non-hydrogen) atoms. The lowest BCUT2D eigenvalue weighted by atomic mass is 10.1. The lowest BCUT2D eigenvalue weighted by molar-refractivity contribution is -0.128. The molecule has 0 saturated carbocycles. The van der Waals surface area contributed by atoms with Gasteiger partial charge in [-0.3, -0.25) is 4.79 Å². The minimum atomic E-state index is -3.75. The zero-order valence-corrected chi connectivity index (χ0v) is 16.4. The number of sulfonamides is 1. The summed E-state index contributed by atoms with van der Waals surface area (Å²) in [5.41, 5.74) is 0. The van der Waals surface area contributed by atoms with Crippen LogP contribution in [0.25, 0.3) is 0 Å². The third-order valence-electron chi connectivity index (χ3n) is 3.76. The number of nitrogens with zero attached hydrogens (tertiary/aromatic N) is 1. The third kappa shape index (κ3) is 6.55. The Kier molecular flexibility index (Phi) is 8.18. The van der Waals surface area contributed by atoms with Crippen LogP contribution in [0.1, 0.15) is 27.2 Å². The fourth-order valence-electron chi connectivity index (χ4n) is 2.23. The first-order chi connectivity index (χ1) is 11.7. The molecule has 7 nitrogen and oxygen atoms in total. The Morgan fingerprint density at radius 1 is 1.20 bits per heavy atom. The molecular weight excluding hydrogens is 344 g/mol. The summed E-state index contributed by atoms with van der Waals surface area (Å²) in [7, 11) is -0.854. The molecule has 142 valence electrons. The Bertz CT molecular complexity index is 674. The van der Waals surface area contributed by atoms with Crippen molar-refractivity contribution in [1.29, 1.82) is 0 Å². The van der Waals surface area contributed by atoms with E-state index in [-0.39, 0.29) is 23.1 Å². The van der Waals surface area contributed by atoms with Gasteiger partial charge in [0, 0.05) is 32.6 Å². The summed E-state index contributed by atoms with van der Waals surface area (Å²) in [5, 5.41) is 0. The summed E-state index contributed by atoms with van der Waals surface area (Å²) in [6, 6.07) is 4.50. The fraction of sp³-hybridized carbons (Fsp3) is 0.588. The van der Waals surface area contributed by atoms with Crippen molar-refractivity contribution in [2.24, 2.45) is 5.92 Å². The molecule has 0 fully saturated rings. The minimum Gasteiger partial charge on any atom is -0.497 e. The summed E-state index contributed by atoms with van der Waals surface area (Å²) >= 11 is 0. The summed E-state index contributed by atoms with van der Waals surface area (Å²) in [5.74, 6) is 1.12. The van der Waals surface area contributed by atoms with Crippen LogP contribution in [0.4, 0.5) is 0 Å². The molecule has 0 heterocycles. The van der Waals surface area contributed by atoms with Crippen LogP contribution in [-0.2, 0) is 14.8 Å². The molecule has 0 aromatic heterocycles. The normalized spacial score (nSPS) is 11.4. The molecule has 1 aromatic rings. The monoisotopic (exact) mass is 372 g/mol. The molecule has 0 aliphatic rings. The number of rotatable bonds is 10. The Morgan fingerprint density at radius 2 is 1.88 bits per heavy atom. The smallest absolute Gasteiger partial charge is 0.244 e. The van der Waals surface area contributed by atoms with Gasteiger partial charge in [-0.05, 0) is 24.5 Å². The highest BCUT2D eigenvalue weighted by molar-refractivity contribution is 7.89. The predicted molar refractivity (Wildman–Crippen MR) is 96.4 cm³/mol. The second kappa shape index (κ2) is 9.62. The van der Waals surface area contributed by atoms with Crippen LogP contribution in [0.5, 0.6) is 11.5 Å². The van der Waals surface area contributed by atoms with E-state index < -0.39 is 10.0 Å². The van der Waals surface area contributed by atoms with Crippen LogP contribution in [0.2, 0.25) is 0 Å². The molecule has 0 unspecified atom stereocenters. The lowest BCUT2D eigenvalue weighted by Gasteiger charge is -2.22. The van der Waals surface area contributed by atoms with Gasteiger partial charge in [0.15, 0.2) is 0 Å². The van der Waals surface area contributed by atoms with Gasteiger partial charge in [-0.15, -0.1) is 0 Å². The molecule has 0 atom stereocenters. The summed E-state index contributed by atoms with van der Waals surface area (Å²) < 4.78 is 37.7. The van der Waals surface area contributed by atoms with Crippen LogP contribution >= 0.6 is 0 Å². The van der Waals surface area contributed by atoms with Crippen LogP contribution in [-0.4, -0.2) is 53.1 Å². The molecule has 0 saturated heterocycles. The van der Waals surface area contributed by atoms with Crippen molar-refractivity contribution in [3.05, 3.63) is 18.2 Å². The van der Waals surface area contributed by atoms with Gasteiger partial charge in [0.1, 0.15) is 16.4 Å². The first kappa shape index (κ1) is 21.2. The van der Waals surface area contributed by atoms with Crippen LogP contribution < -0.4 is 14.2 Å². The van der Waals surface area contributed by atoms with Gasteiger partial charge >= 0.3 is 0 Å². The van der Waals surface area contributed by atoms with Gasteiger partial charge in [-0.1, -0.05) is 13.8 Å². The highest BCUT2D eigenvalue weighted by Gasteiger charge is 2.20. The highest BCUT2D eigenvalue weighted by Crippen LogP contribution is 2.28. The molecule has 1 amide bonds. The Balaban J connectivity index is 2.76. The number of benzene rings is 1. The van der Waals surface area contributed by atoms with Crippen LogP contribution in [0.15, 0.2) is 23.1 Å². The SMILES string of the molecule is COc1ccc(S(=O)(=O)NCCN(CCC(C)C)C(C)=O)c(OC)c1. The minimum absolute atomic E-state index is 0.0346. The van der Waals surface area contributed by atoms with E-state index in [1.54, 1.807) is 11.0 Å². The summed E-state index contributed by atoms with van der Waals surface area (Å²) in [6.07, 6.45) is 0.874. The molecule has 0 aliphatic carbocycles. The first-order valence-electron chi connectivity index (χ1n) is 8.18. The van der Waals surface area contributed by atoms with Crippen molar-refractivity contribution in [2.75, 3.05) is 33.9 Å². The number of nitrogens with one attached hydrogen (secondary N) is 1. The van der Waals surface area contributed by atoms with Crippen molar-refractivity contribution in [3.8, 4) is 11.5 Å². The molecular formula is C17H28N2O5S. The second-order valence-electron chi connectivity index (χ2n) is 6.10. The number of carbonyl (C=O) groups excluding carboxylic acids is 1. The van der Waals surface area contributed by atoms with E-state index in [9.17, 15) is 13.2 Å². The van der Waals surface area contributed by atoms with E-state index in [1.807, 2.05) is 0 Å². The van der Waals surface area contributed by atoms with Crippen molar-refractivity contribution in [1.82, 2.24) is 9.62 Å². The molecule has 1 aromatic carbocycles. The van der Waals surface area contributed by atoms with E-state index in [0.29, 0.717) is 24.8 Å². The van der Waals surface area contributed by atoms with Crippen molar-refractivity contribution in [2.45, 2.75) is 32.1 Å². The van der Waals surface area contributed by atoms with Crippen LogP contribution in [0, 0.1) is 5.92 Å². The number of ether oxygens (including phenoxy) is 2. The molecule has 1 N–H and O–H groups in total. The zero-order chi connectivity index (χ0) is 19.0. The van der Waals surface area contributed by atoms with E-state index in [4.69, 9.17) is 9.47 Å². The summed E-state index contributed by atoms with van der Waals surface area (Å²) in [6.45, 7) is 6.71. The van der Waals surface area contributed by atoms with Gasteiger partial charge in [0.2, 0.25) is 15.9 Å². The lowest BCUT2D eigenvalue weighted by Crippen LogP contribution is -2.38. The van der Waals surface area contributed by atoms with Crippen LogP contribution in [0.3, 0.4) is 0 Å². The zero-order valence-electron chi connectivity index (χ0n) is 15.5. The van der Waals surface area contributed by atoms with E-state index in [2.05, 4.69) is 18.6 Å². The maximum atomic E-state index is 12.5. The molecule has 0 spiro atoms. The molecule has 8 heteroatoms. The van der Waals surface area contributed by atoms with E-state index in [0.717, 1.165) is 6.42 Å². The number of hydrogen-bond acceptors (Lipinski definition) is 5. The molecule has 0 radical (unpaired) electrons. The van der Waals surface area contributed by atoms with Gasteiger partial charge in [0.25, 0.3) is 0 Å². The third-order valence-corrected chi connectivity index (χ3v) is 5.26. The van der Waals surface area contributed by atoms with Gasteiger partial charge < -0.3 is 14.4 Å². The summed E-state index contributed by atoms with van der Waals surface area (Å²) in [4.78, 5) is 13.3. The largest absolute Gasteiger partial charge is 0.497 e. The van der Waals surface area contributed by atoms with Crippen molar-refractivity contribution in [3.63, 3.8) is 0 Å². The Morgan fingerprint density at radius 3 is 2.40 bits per heavy atom. The number of methoxy groups -OCH3 is 2. The van der Waals surface area contributed by atoms with E-state index in [1.165, 1.54) is 33.3 Å². The first-order valence-corrected chi connectivity index (χ1v) is 9.66. The average Bonchev–Trinajstić information content (AvgIpc) is 2.56. The maximum absolute atomic E-state index is 12.5. The van der Waals surface area contributed by atoms with Crippen molar-refractivity contribution < 1.29 is 22.7 Å². The Labute approximate surface area is 150 Å². The maximum Gasteiger partial charge on any atom is 0.244 e. The highest BCUT2D eigenvalue weighted by atomic mass is 32.2. The van der Waals surface area contributed by atoms with Gasteiger partial charge in [0.05, 0.1) is 14.2 Å². The fourth-order valence-corrected chi connectivity index (χ4v) is 3.40. The van der Waals surface area contributed by atoms with Gasteiger partial charge in [-0.25, -0.2) is 13.1 Å². The predicted octanol–water partition coefficient (Wildman–Crippen LogP) is 1.88. The quantitative estimate of drug-likeness (QED) is 0.678. The standard InChI is InChI=1S/C17H28N2O5S/c1-13(2)8-10-19(14(3)20)11-9-18-25(21,22)17-7-6-15(23-4)12-16(17)24-5/h6-7,12-13,18H,8-11H2,1-5H3. The number of hydrogen-bond donors (Lipinski definition) is 1. The van der Waals surface area contributed by atoms with Crippen molar-refractivity contribution >= 4 is 15.9 Å². The second-order valence-corrected chi connectivity index (χ2v) is 7.84. The Hall–Kier alpha value is -1.80.